The second kappa shape index (κ2) is 8.63. The average Bonchev–Trinajstić information content (AvgIpc) is 2.70. The molecule has 0 N–H and O–H groups in total. The first kappa shape index (κ1) is 21.8. The number of fused-ring (bicyclic) bond motifs is 3. The van der Waals surface area contributed by atoms with Gasteiger partial charge in [-0.2, -0.15) is 0 Å². The van der Waals surface area contributed by atoms with Crippen molar-refractivity contribution in [1.29, 1.82) is 0 Å². The van der Waals surface area contributed by atoms with Crippen LogP contribution in [0.3, 0.4) is 0 Å². The van der Waals surface area contributed by atoms with Crippen LogP contribution in [0.2, 0.25) is 0 Å². The molecule has 0 radical (unpaired) electrons. The molecule has 2 aromatic rings. The van der Waals surface area contributed by atoms with Crippen LogP contribution in [0.25, 0.3) is 11.0 Å². The first-order valence-electron chi connectivity index (χ1n) is 11.0. The Morgan fingerprint density at radius 1 is 1.19 bits per heavy atom. The lowest BCUT2D eigenvalue weighted by Gasteiger charge is -2.45. The van der Waals surface area contributed by atoms with Crippen molar-refractivity contribution in [2.75, 3.05) is 6.61 Å². The van der Waals surface area contributed by atoms with Gasteiger partial charge in [0.15, 0.2) is 12.4 Å². The van der Waals surface area contributed by atoms with Crippen molar-refractivity contribution in [1.82, 2.24) is 0 Å². The smallest absolute Gasteiger partial charge is 0.336 e. The van der Waals surface area contributed by atoms with Gasteiger partial charge in [0.25, 0.3) is 0 Å². The second-order valence-corrected chi connectivity index (χ2v) is 9.22. The van der Waals surface area contributed by atoms with E-state index in [2.05, 4.69) is 0 Å². The molecule has 168 valence electrons. The van der Waals surface area contributed by atoms with Crippen LogP contribution in [0, 0.1) is 5.92 Å². The molecule has 31 heavy (non-hydrogen) atoms. The molecule has 2 aliphatic heterocycles. The van der Waals surface area contributed by atoms with E-state index in [1.54, 1.807) is 6.07 Å². The summed E-state index contributed by atoms with van der Waals surface area (Å²) in [5.74, 6) is 0.321. The van der Waals surface area contributed by atoms with Crippen molar-refractivity contribution in [3.8, 4) is 5.75 Å². The molecule has 1 saturated heterocycles. The van der Waals surface area contributed by atoms with Crippen LogP contribution in [-0.2, 0) is 19.0 Å². The van der Waals surface area contributed by atoms with Gasteiger partial charge in [-0.15, -0.1) is 0 Å². The number of benzene rings is 1. The molecule has 3 heterocycles. The monoisotopic (exact) mass is 430 g/mol. The Bertz CT molecular complexity index is 1000. The fourth-order valence-electron chi connectivity index (χ4n) is 4.21. The topological polar surface area (TPSA) is 84.2 Å². The van der Waals surface area contributed by atoms with E-state index in [9.17, 15) is 9.59 Å². The van der Waals surface area contributed by atoms with Crippen LogP contribution in [0.5, 0.6) is 5.75 Å². The van der Waals surface area contributed by atoms with Gasteiger partial charge in [-0.3, -0.25) is 4.79 Å². The van der Waals surface area contributed by atoms with Crippen molar-refractivity contribution < 1.29 is 28.2 Å². The number of hydrogen-bond donors (Lipinski definition) is 0. The third kappa shape index (κ3) is 4.62. The van der Waals surface area contributed by atoms with Gasteiger partial charge in [-0.25, -0.2) is 4.79 Å². The Labute approximate surface area is 181 Å². The van der Waals surface area contributed by atoms with Gasteiger partial charge in [0.1, 0.15) is 23.0 Å². The van der Waals surface area contributed by atoms with Gasteiger partial charge in [-0.05, 0) is 57.2 Å². The molecule has 4 rings (SSSR count). The molecule has 1 fully saturated rings. The molecule has 0 amide bonds. The van der Waals surface area contributed by atoms with Crippen LogP contribution < -0.4 is 10.4 Å². The van der Waals surface area contributed by atoms with Gasteiger partial charge in [0, 0.05) is 24.5 Å². The molecule has 0 aliphatic carbocycles. The first-order valence-corrected chi connectivity index (χ1v) is 11.0. The minimum absolute atomic E-state index is 0.145. The molecule has 0 bridgehead atoms. The summed E-state index contributed by atoms with van der Waals surface area (Å²) >= 11 is 0. The summed E-state index contributed by atoms with van der Waals surface area (Å²) in [5, 5.41) is 0.722. The standard InChI is InChI=1S/C24H30O7/c1-14(2)13-18(26)29-22-20-16(10-8-15-9-11-17(25)28-21(15)20)31-24(3,4)23(22)30-19-7-5-6-12-27-19/h8-11,14,19,22-23H,5-7,12-13H2,1-4H3/t19?,22-,23+/m0/s1. The molecular formula is C24H30O7. The normalized spacial score (nSPS) is 25.1. The quantitative estimate of drug-likeness (QED) is 0.510. The van der Waals surface area contributed by atoms with Gasteiger partial charge >= 0.3 is 11.6 Å². The Hall–Kier alpha value is -2.38. The number of carbonyl (C=O) groups is 1. The van der Waals surface area contributed by atoms with Crippen molar-refractivity contribution in [3.05, 3.63) is 40.2 Å². The number of ether oxygens (including phenoxy) is 4. The van der Waals surface area contributed by atoms with Crippen molar-refractivity contribution in [2.24, 2.45) is 5.92 Å². The van der Waals surface area contributed by atoms with Crippen LogP contribution in [0.1, 0.15) is 65.0 Å². The van der Waals surface area contributed by atoms with E-state index in [-0.39, 0.29) is 18.3 Å². The van der Waals surface area contributed by atoms with E-state index in [1.165, 1.54) is 6.07 Å². The summed E-state index contributed by atoms with van der Waals surface area (Å²) in [5.41, 5.74) is -0.418. The van der Waals surface area contributed by atoms with Gasteiger partial charge < -0.3 is 23.4 Å². The van der Waals surface area contributed by atoms with Crippen LogP contribution in [0.4, 0.5) is 0 Å². The molecule has 1 aromatic carbocycles. The minimum atomic E-state index is -0.806. The third-order valence-electron chi connectivity index (χ3n) is 5.68. The molecule has 7 heteroatoms. The van der Waals surface area contributed by atoms with E-state index in [4.69, 9.17) is 23.4 Å². The summed E-state index contributed by atoms with van der Waals surface area (Å²) < 4.78 is 30.0. The lowest BCUT2D eigenvalue weighted by molar-refractivity contribution is -0.250. The number of esters is 1. The number of rotatable bonds is 5. The highest BCUT2D eigenvalue weighted by Gasteiger charge is 2.49. The van der Waals surface area contributed by atoms with E-state index in [0.29, 0.717) is 23.5 Å². The highest BCUT2D eigenvalue weighted by atomic mass is 16.7. The molecule has 7 nitrogen and oxygen atoms in total. The lowest BCUT2D eigenvalue weighted by Crippen LogP contribution is -2.53. The summed E-state index contributed by atoms with van der Waals surface area (Å²) in [4.78, 5) is 24.7. The maximum atomic E-state index is 12.7. The number of hydrogen-bond acceptors (Lipinski definition) is 7. The minimum Gasteiger partial charge on any atom is -0.484 e. The molecule has 3 atom stereocenters. The molecule has 0 spiro atoms. The Balaban J connectivity index is 1.80. The molecule has 2 aliphatic rings. The number of carbonyl (C=O) groups excluding carboxylic acids is 1. The Morgan fingerprint density at radius 2 is 1.97 bits per heavy atom. The van der Waals surface area contributed by atoms with Crippen molar-refractivity contribution >= 4 is 16.9 Å². The maximum absolute atomic E-state index is 12.7. The molecule has 1 aromatic heterocycles. The van der Waals surface area contributed by atoms with E-state index < -0.39 is 29.7 Å². The SMILES string of the molecule is CC(C)CC(=O)O[C@H]1c2c(ccc3ccc(=O)oc23)OC(C)(C)[C@@H]1OC1CCCCO1. The maximum Gasteiger partial charge on any atom is 0.336 e. The van der Waals surface area contributed by atoms with Crippen LogP contribution in [0.15, 0.2) is 33.5 Å². The zero-order valence-electron chi connectivity index (χ0n) is 18.5. The fourth-order valence-corrected chi connectivity index (χ4v) is 4.21. The summed E-state index contributed by atoms with van der Waals surface area (Å²) in [6.07, 6.45) is 1.18. The zero-order valence-corrected chi connectivity index (χ0v) is 18.5. The summed E-state index contributed by atoms with van der Waals surface area (Å²) in [6.45, 7) is 8.35. The Kier molecular flexibility index (Phi) is 6.08. The largest absolute Gasteiger partial charge is 0.484 e. The molecule has 1 unspecified atom stereocenters. The van der Waals surface area contributed by atoms with Gasteiger partial charge in [0.2, 0.25) is 0 Å². The van der Waals surface area contributed by atoms with E-state index in [0.717, 1.165) is 24.6 Å². The lowest BCUT2D eigenvalue weighted by atomic mass is 9.87. The fraction of sp³-hybridized carbons (Fsp3) is 0.583. The van der Waals surface area contributed by atoms with E-state index >= 15 is 0 Å². The van der Waals surface area contributed by atoms with Crippen LogP contribution >= 0.6 is 0 Å². The predicted molar refractivity (Wildman–Crippen MR) is 114 cm³/mol. The first-order chi connectivity index (χ1) is 14.7. The van der Waals surface area contributed by atoms with Gasteiger partial charge in [-0.1, -0.05) is 13.8 Å². The molecular weight excluding hydrogens is 400 g/mol. The summed E-state index contributed by atoms with van der Waals surface area (Å²) in [6, 6.07) is 6.70. The Morgan fingerprint density at radius 3 is 2.68 bits per heavy atom. The predicted octanol–water partition coefficient (Wildman–Crippen LogP) is 4.51. The van der Waals surface area contributed by atoms with Gasteiger partial charge in [0.05, 0.1) is 5.56 Å². The highest BCUT2D eigenvalue weighted by molar-refractivity contribution is 5.83. The zero-order chi connectivity index (χ0) is 22.2. The molecule has 0 saturated carbocycles. The van der Waals surface area contributed by atoms with Crippen molar-refractivity contribution in [3.63, 3.8) is 0 Å². The second-order valence-electron chi connectivity index (χ2n) is 9.22. The average molecular weight is 430 g/mol. The third-order valence-corrected chi connectivity index (χ3v) is 5.68. The van der Waals surface area contributed by atoms with Crippen LogP contribution in [-0.4, -0.2) is 30.6 Å². The summed E-state index contributed by atoms with van der Waals surface area (Å²) in [7, 11) is 0. The highest BCUT2D eigenvalue weighted by Crippen LogP contribution is 2.47. The van der Waals surface area contributed by atoms with Crippen molar-refractivity contribution in [2.45, 2.75) is 77.5 Å². The van der Waals surface area contributed by atoms with E-state index in [1.807, 2.05) is 39.8 Å².